The average molecular weight is 369 g/mol. The summed E-state index contributed by atoms with van der Waals surface area (Å²) in [5, 5.41) is 0.316. The van der Waals surface area contributed by atoms with Crippen molar-refractivity contribution in [2.45, 2.75) is 29.7 Å². The molecule has 0 saturated heterocycles. The van der Waals surface area contributed by atoms with Crippen molar-refractivity contribution in [2.75, 3.05) is 7.11 Å². The van der Waals surface area contributed by atoms with E-state index in [1.165, 1.54) is 12.1 Å². The van der Waals surface area contributed by atoms with Gasteiger partial charge >= 0.3 is 34.7 Å². The molecule has 3 aromatic rings. The number of imidazole rings is 1. The first-order valence-electron chi connectivity index (χ1n) is 7.71. The summed E-state index contributed by atoms with van der Waals surface area (Å²) in [6, 6.07) is 6.22. The molecule has 8 heteroatoms. The molecule has 25 heavy (non-hydrogen) atoms. The van der Waals surface area contributed by atoms with Crippen LogP contribution < -0.4 is 4.74 Å². The van der Waals surface area contributed by atoms with Gasteiger partial charge in [0, 0.05) is 29.0 Å². The Kier molecular flexibility index (Phi) is 5.70. The zero-order valence-corrected chi connectivity index (χ0v) is 13.9. The Labute approximate surface area is 169 Å². The fraction of sp³-hybridized carbons (Fsp3) is 0.294. The van der Waals surface area contributed by atoms with Crippen molar-refractivity contribution >= 4 is 51.8 Å². The molecular weight excluding hydrogens is 352 g/mol. The first-order valence-corrected chi connectivity index (χ1v) is 9.03. The van der Waals surface area contributed by atoms with Gasteiger partial charge in [-0.15, -0.1) is 0 Å². The van der Waals surface area contributed by atoms with Crippen LogP contribution in [0, 0.1) is 5.82 Å². The number of halogens is 1. The fourth-order valence-corrected chi connectivity index (χ4v) is 3.83. The second-order valence-electron chi connectivity index (χ2n) is 5.85. The number of nitrogens with one attached hydrogen (secondary N) is 1. The number of benzene rings is 1. The molecule has 0 amide bonds. The van der Waals surface area contributed by atoms with Gasteiger partial charge in [0.15, 0.2) is 5.75 Å². The van der Waals surface area contributed by atoms with Crippen LogP contribution in [-0.4, -0.2) is 56.2 Å². The third-order valence-corrected chi connectivity index (χ3v) is 5.30. The molecule has 2 aromatic heterocycles. The van der Waals surface area contributed by atoms with Gasteiger partial charge in [0.05, 0.1) is 18.1 Å². The Hall–Kier alpha value is -1.12. The van der Waals surface area contributed by atoms with Crippen LogP contribution in [0.3, 0.4) is 0 Å². The molecule has 2 heterocycles. The van der Waals surface area contributed by atoms with E-state index in [1.807, 2.05) is 6.07 Å². The number of nitrogens with zero attached hydrogens (tertiary/aromatic N) is 2. The second-order valence-corrected chi connectivity index (χ2v) is 7.21. The van der Waals surface area contributed by atoms with E-state index in [0.29, 0.717) is 27.8 Å². The van der Waals surface area contributed by atoms with Crippen molar-refractivity contribution in [1.82, 2.24) is 15.0 Å². The Bertz CT molecular complexity index is 901. The zero-order chi connectivity index (χ0) is 16.7. The van der Waals surface area contributed by atoms with Crippen LogP contribution in [0.1, 0.15) is 30.0 Å². The van der Waals surface area contributed by atoms with Gasteiger partial charge in [-0.2, -0.15) is 4.98 Å². The van der Waals surface area contributed by atoms with Crippen molar-refractivity contribution in [2.24, 2.45) is 0 Å². The van der Waals surface area contributed by atoms with Crippen LogP contribution in [0.15, 0.2) is 35.6 Å². The standard InChI is InChI=1S/C17H16FN3O2S.Na.H/c1-23-16-12(10-2-3-10)6-7-19-15(16)9-24(22)17-20-13-5-4-11(18)8-14(13)21-17;;/h4-8,10H,2-3,9H2,1H3,(H,20,21);;. The van der Waals surface area contributed by atoms with E-state index in [4.69, 9.17) is 4.74 Å². The van der Waals surface area contributed by atoms with Gasteiger partial charge in [0.2, 0.25) is 0 Å². The van der Waals surface area contributed by atoms with Crippen molar-refractivity contribution in [3.8, 4) is 5.75 Å². The summed E-state index contributed by atoms with van der Waals surface area (Å²) in [6.07, 6.45) is 4.03. The number of methoxy groups -OCH3 is 1. The summed E-state index contributed by atoms with van der Waals surface area (Å²) >= 11 is -1.42. The Morgan fingerprint density at radius 2 is 2.16 bits per heavy atom. The molecule has 1 atom stereocenters. The molecule has 0 aliphatic heterocycles. The maximum atomic E-state index is 13.3. The minimum atomic E-state index is -1.42. The number of rotatable bonds is 5. The van der Waals surface area contributed by atoms with E-state index in [2.05, 4.69) is 15.0 Å². The number of aromatic nitrogens is 3. The second kappa shape index (κ2) is 7.63. The van der Waals surface area contributed by atoms with Crippen LogP contribution >= 0.6 is 0 Å². The van der Waals surface area contributed by atoms with Crippen molar-refractivity contribution in [3.05, 3.63) is 47.5 Å². The first-order chi connectivity index (χ1) is 11.7. The molecule has 0 radical (unpaired) electrons. The Balaban J connectivity index is 0.00000182. The van der Waals surface area contributed by atoms with E-state index in [-0.39, 0.29) is 41.1 Å². The van der Waals surface area contributed by atoms with Crippen molar-refractivity contribution < 1.29 is 13.7 Å². The van der Waals surface area contributed by atoms with E-state index in [0.717, 1.165) is 24.2 Å². The first kappa shape index (κ1) is 18.7. The predicted molar refractivity (Wildman–Crippen MR) is 96.1 cm³/mol. The number of hydrogen-bond acceptors (Lipinski definition) is 4. The molecule has 1 aromatic carbocycles. The molecule has 126 valence electrons. The molecule has 5 nitrogen and oxygen atoms in total. The maximum absolute atomic E-state index is 13.3. The van der Waals surface area contributed by atoms with Crippen molar-refractivity contribution in [1.29, 1.82) is 0 Å². The SMILES string of the molecule is COc1c(C2CC2)ccnc1C[S+]([O-])c1nc2cc(F)ccc2[nH]1.[NaH]. The molecule has 1 N–H and O–H groups in total. The summed E-state index contributed by atoms with van der Waals surface area (Å²) in [7, 11) is 1.61. The van der Waals surface area contributed by atoms with Gasteiger partial charge in [-0.1, -0.05) is 0 Å². The Morgan fingerprint density at radius 1 is 1.36 bits per heavy atom. The van der Waals surface area contributed by atoms with Crippen LogP contribution in [0.4, 0.5) is 4.39 Å². The van der Waals surface area contributed by atoms with Crippen LogP contribution in [-0.2, 0) is 16.9 Å². The normalized spacial score (nSPS) is 15.0. The van der Waals surface area contributed by atoms with Gasteiger partial charge in [0.25, 0.3) is 0 Å². The van der Waals surface area contributed by atoms with Crippen molar-refractivity contribution in [3.63, 3.8) is 0 Å². The Morgan fingerprint density at radius 3 is 2.88 bits per heavy atom. The number of aromatic amines is 1. The molecule has 1 fully saturated rings. The van der Waals surface area contributed by atoms with E-state index in [9.17, 15) is 8.94 Å². The average Bonchev–Trinajstić information content (AvgIpc) is 3.33. The van der Waals surface area contributed by atoms with Crippen LogP contribution in [0.5, 0.6) is 5.75 Å². The third-order valence-electron chi connectivity index (χ3n) is 4.14. The fourth-order valence-electron chi connectivity index (χ4n) is 2.82. The molecular formula is C17H17FN3NaO2S. The summed E-state index contributed by atoms with van der Waals surface area (Å²) in [5.74, 6) is 1.07. The topological polar surface area (TPSA) is 73.9 Å². The molecule has 1 unspecified atom stereocenters. The van der Waals surface area contributed by atoms with Crippen LogP contribution in [0.2, 0.25) is 0 Å². The zero-order valence-electron chi connectivity index (χ0n) is 13.1. The number of fused-ring (bicyclic) bond motifs is 1. The van der Waals surface area contributed by atoms with E-state index >= 15 is 0 Å². The van der Waals surface area contributed by atoms with E-state index < -0.39 is 11.2 Å². The van der Waals surface area contributed by atoms with Gasteiger partial charge in [-0.25, -0.2) is 4.39 Å². The molecule has 4 rings (SSSR count). The summed E-state index contributed by atoms with van der Waals surface area (Å²) in [5.41, 5.74) is 2.91. The number of pyridine rings is 1. The number of ether oxygens (including phenoxy) is 1. The summed E-state index contributed by atoms with van der Waals surface area (Å²) in [4.78, 5) is 11.5. The molecule has 1 aliphatic carbocycles. The van der Waals surface area contributed by atoms with Gasteiger partial charge in [-0.3, -0.25) is 9.97 Å². The van der Waals surface area contributed by atoms with Gasteiger partial charge in [0.1, 0.15) is 17.3 Å². The van der Waals surface area contributed by atoms with Crippen LogP contribution in [0.25, 0.3) is 11.0 Å². The molecule has 1 aliphatic rings. The molecule has 1 saturated carbocycles. The number of hydrogen-bond donors (Lipinski definition) is 1. The third kappa shape index (κ3) is 3.85. The minimum absolute atomic E-state index is 0. The van der Waals surface area contributed by atoms with Gasteiger partial charge in [-0.05, 0) is 37.0 Å². The summed E-state index contributed by atoms with van der Waals surface area (Å²) < 4.78 is 31.4. The summed E-state index contributed by atoms with van der Waals surface area (Å²) in [6.45, 7) is 0. The predicted octanol–water partition coefficient (Wildman–Crippen LogP) is 2.64. The molecule has 0 spiro atoms. The number of H-pyrrole nitrogens is 1. The monoisotopic (exact) mass is 369 g/mol. The molecule has 0 bridgehead atoms. The quantitative estimate of drug-likeness (QED) is 0.554. The van der Waals surface area contributed by atoms with Gasteiger partial charge < -0.3 is 9.29 Å². The van der Waals surface area contributed by atoms with E-state index in [1.54, 1.807) is 19.4 Å².